The van der Waals surface area contributed by atoms with E-state index in [2.05, 4.69) is 52.6 Å². The molecule has 0 saturated carbocycles. The molecular formula is C16H19IN4S. The lowest BCUT2D eigenvalue weighted by Crippen LogP contribution is -2.33. The minimum atomic E-state index is 0. The molecule has 0 unspecified atom stereocenters. The van der Waals surface area contributed by atoms with E-state index in [1.54, 1.807) is 11.3 Å². The molecule has 4 rings (SSSR count). The zero-order valence-corrected chi connectivity index (χ0v) is 15.9. The fourth-order valence-corrected chi connectivity index (χ4v) is 3.99. The average molecular weight is 426 g/mol. The van der Waals surface area contributed by atoms with Crippen LogP contribution in [0.5, 0.6) is 0 Å². The second-order valence-corrected chi connectivity index (χ2v) is 6.75. The summed E-state index contributed by atoms with van der Waals surface area (Å²) in [6.07, 6.45) is 0. The van der Waals surface area contributed by atoms with Crippen LogP contribution in [0.1, 0.15) is 22.2 Å². The molecule has 1 aromatic carbocycles. The van der Waals surface area contributed by atoms with Gasteiger partial charge in [0.15, 0.2) is 0 Å². The summed E-state index contributed by atoms with van der Waals surface area (Å²) >= 11 is 1.80. The molecule has 2 aromatic heterocycles. The van der Waals surface area contributed by atoms with E-state index < -0.39 is 0 Å². The first-order valence-corrected chi connectivity index (χ1v) is 8.12. The normalized spacial score (nSPS) is 14.8. The van der Waals surface area contributed by atoms with Crippen molar-refractivity contribution < 1.29 is 0 Å². The summed E-state index contributed by atoms with van der Waals surface area (Å²) in [6, 6.07) is 8.36. The predicted octanol–water partition coefficient (Wildman–Crippen LogP) is 3.74. The van der Waals surface area contributed by atoms with Gasteiger partial charge in [0, 0.05) is 18.8 Å². The Morgan fingerprint density at radius 1 is 1.14 bits per heavy atom. The number of aromatic nitrogens is 3. The van der Waals surface area contributed by atoms with E-state index in [9.17, 15) is 0 Å². The lowest BCUT2D eigenvalue weighted by atomic mass is 10.3. The maximum absolute atomic E-state index is 4.74. The molecule has 116 valence electrons. The molecule has 6 heteroatoms. The maximum atomic E-state index is 4.74. The molecule has 0 N–H and O–H groups in total. The van der Waals surface area contributed by atoms with Crippen molar-refractivity contribution in [3.63, 3.8) is 0 Å². The first-order valence-electron chi connectivity index (χ1n) is 7.30. The van der Waals surface area contributed by atoms with Gasteiger partial charge in [-0.05, 0) is 26.0 Å². The number of imidazole rings is 1. The number of nitrogens with zero attached hydrogens (tertiary/aromatic N) is 4. The molecule has 0 amide bonds. The van der Waals surface area contributed by atoms with Crippen LogP contribution in [0, 0.1) is 13.8 Å². The summed E-state index contributed by atoms with van der Waals surface area (Å²) in [4.78, 5) is 11.9. The first-order chi connectivity index (χ1) is 10.2. The zero-order chi connectivity index (χ0) is 14.4. The van der Waals surface area contributed by atoms with Crippen molar-refractivity contribution in [3.8, 4) is 0 Å². The zero-order valence-electron chi connectivity index (χ0n) is 12.7. The number of aryl methyl sites for hydroxylation is 1. The Balaban J connectivity index is 0.00000144. The lowest BCUT2D eigenvalue weighted by Gasteiger charge is -2.27. The summed E-state index contributed by atoms with van der Waals surface area (Å²) < 4.78 is 3.63. The molecule has 0 bridgehead atoms. The van der Waals surface area contributed by atoms with Crippen molar-refractivity contribution in [2.45, 2.75) is 33.5 Å². The van der Waals surface area contributed by atoms with Gasteiger partial charge in [-0.25, -0.2) is 9.97 Å². The molecule has 22 heavy (non-hydrogen) atoms. The Morgan fingerprint density at radius 2 is 1.95 bits per heavy atom. The van der Waals surface area contributed by atoms with Crippen LogP contribution in [-0.4, -0.2) is 26.0 Å². The molecule has 0 radical (unpaired) electrons. The standard InChI is InChI=1S/C16H18N4S.HI/c1-11-12(2)20-8-7-19(9-15(20)17-11)10-16-18-13-5-3-4-6-14(13)21-16;/h3-6H,7-10H2,1-2H3;1H. The SMILES string of the molecule is Cc1nc2n(c1C)CCN(Cc1nc3ccccc3s1)C2.I. The molecule has 0 spiro atoms. The molecular weight excluding hydrogens is 407 g/mol. The number of rotatable bonds is 2. The van der Waals surface area contributed by atoms with Gasteiger partial charge in [0.2, 0.25) is 0 Å². The summed E-state index contributed by atoms with van der Waals surface area (Å²) in [6.45, 7) is 8.20. The number of benzene rings is 1. The van der Waals surface area contributed by atoms with Gasteiger partial charge in [-0.2, -0.15) is 0 Å². The minimum Gasteiger partial charge on any atom is -0.330 e. The monoisotopic (exact) mass is 426 g/mol. The van der Waals surface area contributed by atoms with Crippen molar-refractivity contribution in [1.82, 2.24) is 19.4 Å². The van der Waals surface area contributed by atoms with Crippen LogP contribution in [0.3, 0.4) is 0 Å². The van der Waals surface area contributed by atoms with Crippen molar-refractivity contribution in [2.24, 2.45) is 0 Å². The fourth-order valence-electron chi connectivity index (χ4n) is 2.98. The Kier molecular flexibility index (Phi) is 4.52. The molecule has 0 atom stereocenters. The van der Waals surface area contributed by atoms with Gasteiger partial charge in [-0.15, -0.1) is 35.3 Å². The van der Waals surface area contributed by atoms with Gasteiger partial charge >= 0.3 is 0 Å². The third-order valence-electron chi connectivity index (χ3n) is 4.24. The molecule has 1 aliphatic rings. The maximum Gasteiger partial charge on any atom is 0.123 e. The molecule has 3 aromatic rings. The predicted molar refractivity (Wildman–Crippen MR) is 101 cm³/mol. The van der Waals surface area contributed by atoms with Crippen LogP contribution >= 0.6 is 35.3 Å². The molecule has 4 nitrogen and oxygen atoms in total. The van der Waals surface area contributed by atoms with E-state index in [1.807, 2.05) is 0 Å². The number of hydrogen-bond acceptors (Lipinski definition) is 4. The number of fused-ring (bicyclic) bond motifs is 2. The summed E-state index contributed by atoms with van der Waals surface area (Å²) in [5, 5.41) is 1.20. The number of hydrogen-bond donors (Lipinski definition) is 0. The Labute approximate surface area is 151 Å². The van der Waals surface area contributed by atoms with E-state index in [0.717, 1.165) is 37.4 Å². The van der Waals surface area contributed by atoms with Gasteiger partial charge < -0.3 is 4.57 Å². The van der Waals surface area contributed by atoms with Crippen molar-refractivity contribution in [1.29, 1.82) is 0 Å². The highest BCUT2D eigenvalue weighted by atomic mass is 127. The lowest BCUT2D eigenvalue weighted by molar-refractivity contribution is 0.207. The Hall–Kier alpha value is -0.990. The first kappa shape index (κ1) is 15.9. The van der Waals surface area contributed by atoms with Crippen LogP contribution in [0.25, 0.3) is 10.2 Å². The molecule has 0 fully saturated rings. The Morgan fingerprint density at radius 3 is 2.77 bits per heavy atom. The number of thiazole rings is 1. The molecule has 0 aliphatic carbocycles. The summed E-state index contributed by atoms with van der Waals surface area (Å²) in [5.74, 6) is 1.19. The summed E-state index contributed by atoms with van der Waals surface area (Å²) in [7, 11) is 0. The van der Waals surface area contributed by atoms with E-state index in [-0.39, 0.29) is 24.0 Å². The van der Waals surface area contributed by atoms with Crippen molar-refractivity contribution in [3.05, 3.63) is 46.5 Å². The largest absolute Gasteiger partial charge is 0.330 e. The topological polar surface area (TPSA) is 34.0 Å². The quantitative estimate of drug-likeness (QED) is 0.586. The number of halogens is 1. The second kappa shape index (κ2) is 6.25. The third-order valence-corrected chi connectivity index (χ3v) is 5.26. The molecule has 3 heterocycles. The van der Waals surface area contributed by atoms with E-state index in [4.69, 9.17) is 4.98 Å². The van der Waals surface area contributed by atoms with E-state index in [0.29, 0.717) is 0 Å². The second-order valence-electron chi connectivity index (χ2n) is 5.64. The van der Waals surface area contributed by atoms with E-state index in [1.165, 1.54) is 21.2 Å². The number of para-hydroxylation sites is 1. The van der Waals surface area contributed by atoms with Crippen LogP contribution in [0.15, 0.2) is 24.3 Å². The third kappa shape index (κ3) is 2.79. The van der Waals surface area contributed by atoms with Gasteiger partial charge in [0.25, 0.3) is 0 Å². The van der Waals surface area contributed by atoms with Crippen LogP contribution in [0.2, 0.25) is 0 Å². The van der Waals surface area contributed by atoms with Crippen LogP contribution < -0.4 is 0 Å². The van der Waals surface area contributed by atoms with Crippen molar-refractivity contribution >= 4 is 45.5 Å². The minimum absolute atomic E-state index is 0. The highest BCUT2D eigenvalue weighted by Crippen LogP contribution is 2.24. The highest BCUT2D eigenvalue weighted by molar-refractivity contribution is 14.0. The van der Waals surface area contributed by atoms with Gasteiger partial charge in [-0.3, -0.25) is 4.90 Å². The van der Waals surface area contributed by atoms with Gasteiger partial charge in [-0.1, -0.05) is 12.1 Å². The summed E-state index contributed by atoms with van der Waals surface area (Å²) in [5.41, 5.74) is 3.58. The highest BCUT2D eigenvalue weighted by Gasteiger charge is 2.21. The van der Waals surface area contributed by atoms with Crippen LogP contribution in [0.4, 0.5) is 0 Å². The smallest absolute Gasteiger partial charge is 0.123 e. The van der Waals surface area contributed by atoms with Gasteiger partial charge in [0.1, 0.15) is 10.8 Å². The van der Waals surface area contributed by atoms with Crippen LogP contribution in [-0.2, 0) is 19.6 Å². The Bertz CT molecular complexity index is 775. The van der Waals surface area contributed by atoms with Gasteiger partial charge in [0.05, 0.1) is 29.0 Å². The fraction of sp³-hybridized carbons (Fsp3) is 0.375. The van der Waals surface area contributed by atoms with Crippen molar-refractivity contribution in [2.75, 3.05) is 6.54 Å². The molecule has 1 aliphatic heterocycles. The average Bonchev–Trinajstić information content (AvgIpc) is 3.00. The van der Waals surface area contributed by atoms with E-state index >= 15 is 0 Å². The molecule has 0 saturated heterocycles.